The summed E-state index contributed by atoms with van der Waals surface area (Å²) in [5.74, 6) is 0. The fraction of sp³-hybridized carbons (Fsp3) is 0.500. The second-order valence-corrected chi connectivity index (χ2v) is 5.16. The van der Waals surface area contributed by atoms with Gasteiger partial charge in [0.1, 0.15) is 16.5 Å². The van der Waals surface area contributed by atoms with Crippen LogP contribution < -0.4 is 5.32 Å². The third kappa shape index (κ3) is 2.10. The summed E-state index contributed by atoms with van der Waals surface area (Å²) in [5.41, 5.74) is 0. The van der Waals surface area contributed by atoms with Gasteiger partial charge in [-0.2, -0.15) is 0 Å². The smallest absolute Gasteiger partial charge is 0.133 e. The molecule has 2 heterocycles. The van der Waals surface area contributed by atoms with Crippen molar-refractivity contribution in [2.45, 2.75) is 16.7 Å². The van der Waals surface area contributed by atoms with Crippen LogP contribution in [0.1, 0.15) is 6.42 Å². The minimum absolute atomic E-state index is 0.154. The van der Waals surface area contributed by atoms with Crippen LogP contribution >= 0.6 is 11.6 Å². The SMILES string of the molecule is O=S(c1cc(Cl)ncn1)[C@@H]1CCNC1. The van der Waals surface area contributed by atoms with Gasteiger partial charge in [0, 0.05) is 12.6 Å². The Morgan fingerprint density at radius 3 is 3.07 bits per heavy atom. The topological polar surface area (TPSA) is 54.9 Å². The van der Waals surface area contributed by atoms with Crippen LogP contribution in [0.2, 0.25) is 5.15 Å². The zero-order valence-electron chi connectivity index (χ0n) is 7.44. The van der Waals surface area contributed by atoms with Crippen LogP contribution in [-0.2, 0) is 10.8 Å². The van der Waals surface area contributed by atoms with Gasteiger partial charge in [-0.15, -0.1) is 0 Å². The molecule has 1 saturated heterocycles. The highest BCUT2D eigenvalue weighted by Crippen LogP contribution is 2.15. The van der Waals surface area contributed by atoms with Crippen molar-refractivity contribution >= 4 is 22.4 Å². The quantitative estimate of drug-likeness (QED) is 0.758. The zero-order valence-corrected chi connectivity index (χ0v) is 9.01. The molecular weight excluding hydrogens is 222 g/mol. The van der Waals surface area contributed by atoms with Crippen molar-refractivity contribution in [2.75, 3.05) is 13.1 Å². The van der Waals surface area contributed by atoms with Gasteiger partial charge in [0.25, 0.3) is 0 Å². The predicted octanol–water partition coefficient (Wildman–Crippen LogP) is 0.599. The van der Waals surface area contributed by atoms with E-state index < -0.39 is 10.8 Å². The van der Waals surface area contributed by atoms with Gasteiger partial charge in [0.2, 0.25) is 0 Å². The third-order valence-corrected chi connectivity index (χ3v) is 3.98. The first-order chi connectivity index (χ1) is 6.77. The average Bonchev–Trinajstić information content (AvgIpc) is 2.69. The minimum atomic E-state index is -1.07. The van der Waals surface area contributed by atoms with E-state index in [-0.39, 0.29) is 5.25 Å². The fourth-order valence-electron chi connectivity index (χ4n) is 1.41. The van der Waals surface area contributed by atoms with Crippen LogP contribution in [0.3, 0.4) is 0 Å². The van der Waals surface area contributed by atoms with Crippen molar-refractivity contribution in [2.24, 2.45) is 0 Å². The first-order valence-corrected chi connectivity index (χ1v) is 5.95. The Morgan fingerprint density at radius 2 is 2.43 bits per heavy atom. The number of hydrogen-bond donors (Lipinski definition) is 1. The monoisotopic (exact) mass is 231 g/mol. The average molecular weight is 232 g/mol. The van der Waals surface area contributed by atoms with Crippen molar-refractivity contribution < 1.29 is 4.21 Å². The summed E-state index contributed by atoms with van der Waals surface area (Å²) in [6.07, 6.45) is 2.27. The molecule has 76 valence electrons. The van der Waals surface area contributed by atoms with E-state index in [2.05, 4.69) is 15.3 Å². The lowest BCUT2D eigenvalue weighted by Crippen LogP contribution is -2.19. The Hall–Kier alpha value is -0.520. The molecule has 0 aromatic carbocycles. The molecule has 1 fully saturated rings. The van der Waals surface area contributed by atoms with Gasteiger partial charge in [-0.3, -0.25) is 4.21 Å². The zero-order chi connectivity index (χ0) is 9.97. The van der Waals surface area contributed by atoms with Crippen molar-refractivity contribution in [1.29, 1.82) is 0 Å². The van der Waals surface area contributed by atoms with Gasteiger partial charge in [0.05, 0.1) is 16.0 Å². The van der Waals surface area contributed by atoms with E-state index >= 15 is 0 Å². The number of hydrogen-bond acceptors (Lipinski definition) is 4. The molecule has 1 N–H and O–H groups in total. The lowest BCUT2D eigenvalue weighted by Gasteiger charge is -2.06. The normalized spacial score (nSPS) is 23.6. The largest absolute Gasteiger partial charge is 0.315 e. The molecule has 0 radical (unpaired) electrons. The second kappa shape index (κ2) is 4.33. The summed E-state index contributed by atoms with van der Waals surface area (Å²) in [6.45, 7) is 1.71. The highest BCUT2D eigenvalue weighted by Gasteiger charge is 2.23. The van der Waals surface area contributed by atoms with E-state index in [0.717, 1.165) is 19.5 Å². The molecule has 0 amide bonds. The Bertz CT molecular complexity index is 354. The maximum Gasteiger partial charge on any atom is 0.133 e. The standard InChI is InChI=1S/C8H10ClN3OS/c9-7-3-8(12-5-11-7)14(13)6-1-2-10-4-6/h3,5-6,10H,1-2,4H2/t6-,14?/m1/s1. The summed E-state index contributed by atoms with van der Waals surface area (Å²) in [4.78, 5) is 7.71. The molecule has 0 bridgehead atoms. The lowest BCUT2D eigenvalue weighted by molar-refractivity contribution is 0.669. The molecule has 2 atom stereocenters. The van der Waals surface area contributed by atoms with Gasteiger partial charge < -0.3 is 5.32 Å². The lowest BCUT2D eigenvalue weighted by atomic mass is 10.4. The number of halogens is 1. The van der Waals surface area contributed by atoms with Crippen LogP contribution in [0, 0.1) is 0 Å². The highest BCUT2D eigenvalue weighted by atomic mass is 35.5. The Morgan fingerprint density at radius 1 is 1.57 bits per heavy atom. The van der Waals surface area contributed by atoms with E-state index in [4.69, 9.17) is 11.6 Å². The Labute approximate surface area is 89.6 Å². The van der Waals surface area contributed by atoms with Crippen molar-refractivity contribution in [3.8, 4) is 0 Å². The molecule has 0 spiro atoms. The van der Waals surface area contributed by atoms with Gasteiger partial charge in [-0.25, -0.2) is 9.97 Å². The predicted molar refractivity (Wildman–Crippen MR) is 54.7 cm³/mol. The molecule has 2 rings (SSSR count). The van der Waals surface area contributed by atoms with E-state index in [9.17, 15) is 4.21 Å². The molecular formula is C8H10ClN3OS. The summed E-state index contributed by atoms with van der Waals surface area (Å²) in [5, 5.41) is 4.19. The number of nitrogens with zero attached hydrogens (tertiary/aromatic N) is 2. The minimum Gasteiger partial charge on any atom is -0.315 e. The van der Waals surface area contributed by atoms with Crippen LogP contribution in [0.25, 0.3) is 0 Å². The van der Waals surface area contributed by atoms with E-state index in [0.29, 0.717) is 10.2 Å². The van der Waals surface area contributed by atoms with Crippen LogP contribution in [-0.4, -0.2) is 32.5 Å². The molecule has 4 nitrogen and oxygen atoms in total. The Balaban J connectivity index is 2.17. The van der Waals surface area contributed by atoms with Crippen LogP contribution in [0.5, 0.6) is 0 Å². The molecule has 6 heteroatoms. The maximum atomic E-state index is 11.9. The molecule has 1 unspecified atom stereocenters. The van der Waals surface area contributed by atoms with Gasteiger partial charge >= 0.3 is 0 Å². The van der Waals surface area contributed by atoms with Crippen molar-refractivity contribution in [3.63, 3.8) is 0 Å². The molecule has 0 aliphatic carbocycles. The second-order valence-electron chi connectivity index (χ2n) is 3.09. The highest BCUT2D eigenvalue weighted by molar-refractivity contribution is 7.85. The van der Waals surface area contributed by atoms with Gasteiger partial charge in [-0.1, -0.05) is 11.6 Å². The van der Waals surface area contributed by atoms with Crippen LogP contribution in [0.15, 0.2) is 17.4 Å². The number of aromatic nitrogens is 2. The Kier molecular flexibility index (Phi) is 3.10. The molecule has 1 aromatic rings. The number of rotatable bonds is 2. The molecule has 1 aliphatic rings. The van der Waals surface area contributed by atoms with Crippen molar-refractivity contribution in [1.82, 2.24) is 15.3 Å². The summed E-state index contributed by atoms with van der Waals surface area (Å²) >= 11 is 5.69. The number of nitrogens with one attached hydrogen (secondary N) is 1. The fourth-order valence-corrected chi connectivity index (χ4v) is 2.94. The van der Waals surface area contributed by atoms with Crippen LogP contribution in [0.4, 0.5) is 0 Å². The third-order valence-electron chi connectivity index (χ3n) is 2.13. The van der Waals surface area contributed by atoms with Gasteiger partial charge in [0.15, 0.2) is 0 Å². The molecule has 1 aromatic heterocycles. The molecule has 1 aliphatic heterocycles. The molecule has 0 saturated carbocycles. The van der Waals surface area contributed by atoms with E-state index in [1.807, 2.05) is 0 Å². The van der Waals surface area contributed by atoms with Gasteiger partial charge in [-0.05, 0) is 13.0 Å². The summed E-state index contributed by atoms with van der Waals surface area (Å²) in [7, 11) is -1.07. The van der Waals surface area contributed by atoms with E-state index in [1.165, 1.54) is 6.33 Å². The van der Waals surface area contributed by atoms with Crippen molar-refractivity contribution in [3.05, 3.63) is 17.5 Å². The first-order valence-electron chi connectivity index (χ1n) is 4.36. The molecule has 14 heavy (non-hydrogen) atoms. The van der Waals surface area contributed by atoms with E-state index in [1.54, 1.807) is 6.07 Å². The summed E-state index contributed by atoms with van der Waals surface area (Å²) in [6, 6.07) is 1.57. The summed E-state index contributed by atoms with van der Waals surface area (Å²) < 4.78 is 11.9. The maximum absolute atomic E-state index is 11.9. The first kappa shape index (κ1) is 10.0.